The fraction of sp³-hybridized carbons (Fsp3) is 0.357. The molecule has 0 aliphatic carbocycles. The van der Waals surface area contributed by atoms with E-state index in [9.17, 15) is 18.0 Å². The molecular formula is C28H33Cl2N3O4S. The smallest absolute Gasteiger partial charge is 0.243 e. The third-order valence-electron chi connectivity index (χ3n) is 6.19. The lowest BCUT2D eigenvalue weighted by molar-refractivity contribution is -0.141. The predicted octanol–water partition coefficient (Wildman–Crippen LogP) is 5.35. The van der Waals surface area contributed by atoms with Gasteiger partial charge < -0.3 is 10.2 Å². The third-order valence-corrected chi connectivity index (χ3v) is 8.73. The van der Waals surface area contributed by atoms with Crippen LogP contribution in [0.25, 0.3) is 10.8 Å². The van der Waals surface area contributed by atoms with Crippen molar-refractivity contribution < 1.29 is 18.0 Å². The monoisotopic (exact) mass is 577 g/mol. The van der Waals surface area contributed by atoms with Crippen LogP contribution in [-0.2, 0) is 26.2 Å². The topological polar surface area (TPSA) is 86.8 Å². The van der Waals surface area contributed by atoms with E-state index in [2.05, 4.69) is 5.32 Å². The van der Waals surface area contributed by atoms with Crippen LogP contribution in [0.15, 0.2) is 65.6 Å². The van der Waals surface area contributed by atoms with Gasteiger partial charge in [-0.3, -0.25) is 9.59 Å². The minimum Gasteiger partial charge on any atom is -0.354 e. The maximum atomic E-state index is 13.6. The molecule has 0 heterocycles. The second kappa shape index (κ2) is 12.9. The van der Waals surface area contributed by atoms with E-state index in [1.807, 2.05) is 45.0 Å². The molecule has 204 valence electrons. The summed E-state index contributed by atoms with van der Waals surface area (Å²) in [5.74, 6) is -0.571. The third kappa shape index (κ3) is 7.26. The van der Waals surface area contributed by atoms with Crippen LogP contribution in [0.2, 0.25) is 10.0 Å². The number of likely N-dealkylation sites (N-methyl/N-ethyl adjacent to an activating group) is 1. The maximum Gasteiger partial charge on any atom is 0.243 e. The Morgan fingerprint density at radius 2 is 1.63 bits per heavy atom. The molecule has 0 spiro atoms. The summed E-state index contributed by atoms with van der Waals surface area (Å²) in [6.45, 7) is 5.85. The molecule has 38 heavy (non-hydrogen) atoms. The molecule has 0 radical (unpaired) electrons. The highest BCUT2D eigenvalue weighted by Gasteiger charge is 2.32. The summed E-state index contributed by atoms with van der Waals surface area (Å²) < 4.78 is 27.8. The van der Waals surface area contributed by atoms with Crippen LogP contribution in [-0.4, -0.2) is 55.6 Å². The van der Waals surface area contributed by atoms with Crippen LogP contribution in [0, 0.1) is 5.92 Å². The van der Waals surface area contributed by atoms with Crippen LogP contribution < -0.4 is 5.32 Å². The Hall–Kier alpha value is -2.65. The highest BCUT2D eigenvalue weighted by molar-refractivity contribution is 7.89. The number of carbonyl (C=O) groups is 2. The number of fused-ring (bicyclic) bond motifs is 1. The standard InChI is InChI=1S/C28H33Cl2N3O4S/c1-5-26(28(35)31-16-19(2)3)33(17-20-10-13-24(29)25(30)14-20)27(34)18-32(4)38(36,37)23-12-11-21-8-6-7-9-22(21)15-23/h6-15,19,26H,5,16-18H2,1-4H3,(H,31,35)/t26-/m1/s1. The second-order valence-electron chi connectivity index (χ2n) is 9.60. The lowest BCUT2D eigenvalue weighted by Gasteiger charge is -2.32. The number of amides is 2. The number of carbonyl (C=O) groups excluding carboxylic acids is 2. The van der Waals surface area contributed by atoms with Gasteiger partial charge in [0.2, 0.25) is 21.8 Å². The lowest BCUT2D eigenvalue weighted by atomic mass is 10.1. The van der Waals surface area contributed by atoms with Crippen molar-refractivity contribution in [2.75, 3.05) is 20.1 Å². The van der Waals surface area contributed by atoms with Crippen LogP contribution >= 0.6 is 23.2 Å². The molecule has 1 N–H and O–H groups in total. The SMILES string of the molecule is CC[C@H](C(=O)NCC(C)C)N(Cc1ccc(Cl)c(Cl)c1)C(=O)CN(C)S(=O)(=O)c1ccc2ccccc2c1. The zero-order valence-corrected chi connectivity index (χ0v) is 24.3. The van der Waals surface area contributed by atoms with E-state index in [1.165, 1.54) is 18.0 Å². The van der Waals surface area contributed by atoms with Gasteiger partial charge in [0.05, 0.1) is 21.5 Å². The molecule has 0 saturated heterocycles. The van der Waals surface area contributed by atoms with Crippen molar-refractivity contribution in [2.24, 2.45) is 5.92 Å². The molecule has 0 fully saturated rings. The minimum absolute atomic E-state index is 0.0627. The summed E-state index contributed by atoms with van der Waals surface area (Å²) in [5.41, 5.74) is 0.669. The van der Waals surface area contributed by atoms with Crippen molar-refractivity contribution in [3.05, 3.63) is 76.3 Å². The summed E-state index contributed by atoms with van der Waals surface area (Å²) in [6, 6.07) is 16.5. The number of rotatable bonds is 11. The largest absolute Gasteiger partial charge is 0.354 e. The van der Waals surface area contributed by atoms with Gasteiger partial charge in [-0.05, 0) is 52.9 Å². The molecule has 0 aliphatic rings. The van der Waals surface area contributed by atoms with Gasteiger partial charge in [-0.2, -0.15) is 4.31 Å². The first kappa shape index (κ1) is 29.9. The van der Waals surface area contributed by atoms with Gasteiger partial charge >= 0.3 is 0 Å². The Balaban J connectivity index is 1.89. The fourth-order valence-corrected chi connectivity index (χ4v) is 5.53. The normalized spacial score (nSPS) is 12.6. The molecule has 0 unspecified atom stereocenters. The Morgan fingerprint density at radius 3 is 2.26 bits per heavy atom. The van der Waals surface area contributed by atoms with Gasteiger partial charge in [-0.25, -0.2) is 8.42 Å². The second-order valence-corrected chi connectivity index (χ2v) is 12.5. The number of nitrogens with one attached hydrogen (secondary N) is 1. The average molecular weight is 579 g/mol. The van der Waals surface area contributed by atoms with Crippen molar-refractivity contribution in [3.8, 4) is 0 Å². The molecule has 2 amide bonds. The number of hydrogen-bond acceptors (Lipinski definition) is 4. The number of hydrogen-bond donors (Lipinski definition) is 1. The molecule has 0 aliphatic heterocycles. The van der Waals surface area contributed by atoms with Crippen molar-refractivity contribution in [3.63, 3.8) is 0 Å². The van der Waals surface area contributed by atoms with Crippen molar-refractivity contribution in [1.29, 1.82) is 0 Å². The molecule has 7 nitrogen and oxygen atoms in total. The van der Waals surface area contributed by atoms with Gasteiger partial charge in [-0.1, -0.05) is 80.4 Å². The highest BCUT2D eigenvalue weighted by Crippen LogP contribution is 2.25. The van der Waals surface area contributed by atoms with Gasteiger partial charge in [0.25, 0.3) is 0 Å². The lowest BCUT2D eigenvalue weighted by Crippen LogP contribution is -2.52. The number of benzene rings is 3. The van der Waals surface area contributed by atoms with E-state index in [0.717, 1.165) is 15.1 Å². The molecule has 0 aromatic heterocycles. The van der Waals surface area contributed by atoms with Gasteiger partial charge in [0.1, 0.15) is 6.04 Å². The number of halogens is 2. The predicted molar refractivity (Wildman–Crippen MR) is 153 cm³/mol. The Labute approximate surface area is 234 Å². The van der Waals surface area contributed by atoms with Crippen molar-refractivity contribution >= 4 is 55.8 Å². The maximum absolute atomic E-state index is 13.6. The molecule has 3 aromatic rings. The molecule has 3 aromatic carbocycles. The van der Waals surface area contributed by atoms with E-state index in [-0.39, 0.29) is 23.3 Å². The molecular weight excluding hydrogens is 545 g/mol. The first-order valence-electron chi connectivity index (χ1n) is 12.4. The van der Waals surface area contributed by atoms with Gasteiger partial charge in [0.15, 0.2) is 0 Å². The Bertz CT molecular complexity index is 1410. The van der Waals surface area contributed by atoms with E-state index in [1.54, 1.807) is 30.3 Å². The van der Waals surface area contributed by atoms with Crippen LogP contribution in [0.5, 0.6) is 0 Å². The first-order valence-corrected chi connectivity index (χ1v) is 14.6. The zero-order chi connectivity index (χ0) is 28.0. The molecule has 0 bridgehead atoms. The number of nitrogens with zero attached hydrogens (tertiary/aromatic N) is 2. The molecule has 1 atom stereocenters. The highest BCUT2D eigenvalue weighted by atomic mass is 35.5. The quantitative estimate of drug-likeness (QED) is 0.333. The van der Waals surface area contributed by atoms with E-state index >= 15 is 0 Å². The zero-order valence-electron chi connectivity index (χ0n) is 21.9. The molecule has 10 heteroatoms. The molecule has 3 rings (SSSR count). The van der Waals surface area contributed by atoms with E-state index in [4.69, 9.17) is 23.2 Å². The van der Waals surface area contributed by atoms with Gasteiger partial charge in [0, 0.05) is 20.1 Å². The van der Waals surface area contributed by atoms with Crippen LogP contribution in [0.3, 0.4) is 0 Å². The first-order chi connectivity index (χ1) is 17.9. The van der Waals surface area contributed by atoms with Crippen LogP contribution in [0.1, 0.15) is 32.8 Å². The number of sulfonamides is 1. The van der Waals surface area contributed by atoms with Crippen LogP contribution in [0.4, 0.5) is 0 Å². The van der Waals surface area contributed by atoms with E-state index < -0.39 is 28.5 Å². The fourth-order valence-electron chi connectivity index (χ4n) is 4.05. The van der Waals surface area contributed by atoms with Crippen molar-refractivity contribution in [1.82, 2.24) is 14.5 Å². The Kier molecular flexibility index (Phi) is 10.2. The Morgan fingerprint density at radius 1 is 0.947 bits per heavy atom. The summed E-state index contributed by atoms with van der Waals surface area (Å²) >= 11 is 12.2. The minimum atomic E-state index is -3.97. The average Bonchev–Trinajstić information content (AvgIpc) is 2.88. The summed E-state index contributed by atoms with van der Waals surface area (Å²) in [7, 11) is -2.61. The summed E-state index contributed by atoms with van der Waals surface area (Å²) in [5, 5.41) is 5.28. The van der Waals surface area contributed by atoms with Crippen molar-refractivity contribution in [2.45, 2.75) is 44.7 Å². The van der Waals surface area contributed by atoms with E-state index in [0.29, 0.717) is 28.6 Å². The van der Waals surface area contributed by atoms with Gasteiger partial charge in [-0.15, -0.1) is 0 Å². The molecule has 0 saturated carbocycles. The summed E-state index contributed by atoms with van der Waals surface area (Å²) in [4.78, 5) is 28.2. The summed E-state index contributed by atoms with van der Waals surface area (Å²) in [6.07, 6.45) is 0.345.